The molecule has 0 radical (unpaired) electrons. The molecule has 0 bridgehead atoms. The number of hydrogen-bond acceptors (Lipinski definition) is 7. The molecule has 0 rings (SSSR count). The van der Waals surface area contributed by atoms with Gasteiger partial charge in [-0.3, -0.25) is 4.79 Å². The van der Waals surface area contributed by atoms with Crippen molar-refractivity contribution in [3.8, 4) is 0 Å². The van der Waals surface area contributed by atoms with Crippen LogP contribution < -0.4 is 5.32 Å². The Bertz CT molecular complexity index is 426. The van der Waals surface area contributed by atoms with Gasteiger partial charge in [-0.25, -0.2) is 13.2 Å². The van der Waals surface area contributed by atoms with Crippen molar-refractivity contribution in [2.75, 3.05) is 5.75 Å². The molecule has 0 aliphatic rings. The average molecular weight is 312 g/mol. The van der Waals surface area contributed by atoms with E-state index in [0.29, 0.717) is 0 Å². The van der Waals surface area contributed by atoms with Crippen LogP contribution in [0.1, 0.15) is 34.1 Å². The van der Waals surface area contributed by atoms with Crippen molar-refractivity contribution in [1.82, 2.24) is 5.32 Å². The molecule has 0 saturated carbocycles. The molecule has 0 heterocycles. The van der Waals surface area contributed by atoms with Crippen molar-refractivity contribution >= 4 is 33.1 Å². The molecule has 1 N–H and O–H groups in total. The lowest BCUT2D eigenvalue weighted by Crippen LogP contribution is -2.38. The Kier molecular flexibility index (Phi) is 6.81. The number of carbonyl (C=O) groups is 2. The van der Waals surface area contributed by atoms with Gasteiger partial charge in [0.05, 0.1) is 15.5 Å². The summed E-state index contributed by atoms with van der Waals surface area (Å²) in [7, 11) is -4.39. The summed E-state index contributed by atoms with van der Waals surface area (Å²) in [6.07, 6.45) is -0.926. The summed E-state index contributed by atoms with van der Waals surface area (Å²) in [5.74, 6) is -0.659. The van der Waals surface area contributed by atoms with Gasteiger partial charge in [0.25, 0.3) is 0 Å². The van der Waals surface area contributed by atoms with Crippen LogP contribution >= 0.6 is 11.8 Å². The molecule has 9 heteroatoms. The van der Waals surface area contributed by atoms with Gasteiger partial charge in [0.1, 0.15) is 5.60 Å². The molecule has 0 aromatic heterocycles. The number of nitrogens with one attached hydrogen (secondary N) is 1. The van der Waals surface area contributed by atoms with E-state index in [4.69, 9.17) is 4.74 Å². The summed E-state index contributed by atoms with van der Waals surface area (Å²) in [6, 6.07) is 0. The van der Waals surface area contributed by atoms with Crippen LogP contribution in [0.2, 0.25) is 0 Å². The van der Waals surface area contributed by atoms with Gasteiger partial charge in [-0.1, -0.05) is 11.8 Å². The molecular formula is C10H18NO6S2-. The smallest absolute Gasteiger partial charge is 0.408 e. The fourth-order valence-electron chi connectivity index (χ4n) is 1.05. The van der Waals surface area contributed by atoms with Gasteiger partial charge in [0, 0.05) is 12.7 Å². The molecule has 0 spiro atoms. The molecule has 112 valence electrons. The Morgan fingerprint density at radius 2 is 1.89 bits per heavy atom. The second-order valence-corrected chi connectivity index (χ2v) is 7.70. The molecule has 1 amide bonds. The van der Waals surface area contributed by atoms with E-state index in [1.165, 1.54) is 6.92 Å². The molecule has 0 aliphatic heterocycles. The van der Waals surface area contributed by atoms with Crippen LogP contribution in [0, 0.1) is 0 Å². The van der Waals surface area contributed by atoms with E-state index in [9.17, 15) is 22.6 Å². The highest BCUT2D eigenvalue weighted by atomic mass is 32.2. The predicted octanol–water partition coefficient (Wildman–Crippen LogP) is 1.05. The van der Waals surface area contributed by atoms with Crippen molar-refractivity contribution in [3.63, 3.8) is 0 Å². The number of thioether (sulfide) groups is 1. The lowest BCUT2D eigenvalue weighted by molar-refractivity contribution is -0.109. The first-order valence-corrected chi connectivity index (χ1v) is 7.95. The number of ether oxygens (including phenoxy) is 1. The first-order valence-electron chi connectivity index (χ1n) is 5.49. The van der Waals surface area contributed by atoms with E-state index in [-0.39, 0.29) is 11.5 Å². The Balaban J connectivity index is 4.51. The van der Waals surface area contributed by atoms with Crippen molar-refractivity contribution in [3.05, 3.63) is 0 Å². The largest absolute Gasteiger partial charge is 0.748 e. The maximum absolute atomic E-state index is 11.5. The van der Waals surface area contributed by atoms with Crippen LogP contribution in [0.4, 0.5) is 4.79 Å². The van der Waals surface area contributed by atoms with Crippen LogP contribution in [-0.2, 0) is 19.6 Å². The van der Waals surface area contributed by atoms with Gasteiger partial charge in [-0.2, -0.15) is 0 Å². The zero-order valence-electron chi connectivity index (χ0n) is 11.3. The van der Waals surface area contributed by atoms with E-state index in [0.717, 1.165) is 11.8 Å². The van der Waals surface area contributed by atoms with Crippen LogP contribution in [0.5, 0.6) is 0 Å². The highest BCUT2D eigenvalue weighted by Crippen LogP contribution is 2.15. The summed E-state index contributed by atoms with van der Waals surface area (Å²) in [5.41, 5.74) is -0.708. The van der Waals surface area contributed by atoms with Crippen LogP contribution in [0.25, 0.3) is 0 Å². The van der Waals surface area contributed by atoms with Gasteiger partial charge < -0.3 is 14.6 Å². The molecule has 0 fully saturated rings. The van der Waals surface area contributed by atoms with Crippen LogP contribution in [-0.4, -0.2) is 40.9 Å². The molecular weight excluding hydrogens is 294 g/mol. The number of rotatable bonds is 5. The zero-order chi connectivity index (χ0) is 15.3. The molecule has 0 saturated heterocycles. The zero-order valence-corrected chi connectivity index (χ0v) is 12.9. The van der Waals surface area contributed by atoms with Crippen molar-refractivity contribution in [2.45, 2.75) is 45.1 Å². The number of carbonyl (C=O) groups excluding carboxylic acids is 2. The molecule has 0 aromatic rings. The highest BCUT2D eigenvalue weighted by Gasteiger charge is 2.21. The third-order valence-electron chi connectivity index (χ3n) is 1.62. The lowest BCUT2D eigenvalue weighted by atomic mass is 10.2. The van der Waals surface area contributed by atoms with Gasteiger partial charge in [0.2, 0.25) is 0 Å². The SMILES string of the molecule is CC(=O)SC(CCS(=O)(=O)[O-])NC(=O)OC(C)(C)C. The van der Waals surface area contributed by atoms with Crippen molar-refractivity contribution < 1.29 is 27.3 Å². The topological polar surface area (TPSA) is 113 Å². The molecule has 0 aliphatic carbocycles. The first kappa shape index (κ1) is 18.2. The maximum Gasteiger partial charge on any atom is 0.408 e. The Morgan fingerprint density at radius 1 is 1.37 bits per heavy atom. The third-order valence-corrected chi connectivity index (χ3v) is 3.32. The Morgan fingerprint density at radius 3 is 2.26 bits per heavy atom. The standard InChI is InChI=1S/C10H19NO6S2/c1-7(12)18-8(5-6-19(14,15)16)11-9(13)17-10(2,3)4/h8H,5-6H2,1-4H3,(H,11,13)(H,14,15,16)/p-1. The van der Waals surface area contributed by atoms with Crippen molar-refractivity contribution in [1.29, 1.82) is 0 Å². The van der Waals surface area contributed by atoms with E-state index >= 15 is 0 Å². The third kappa shape index (κ3) is 12.0. The maximum atomic E-state index is 11.5. The van der Waals surface area contributed by atoms with Gasteiger partial charge in [0.15, 0.2) is 5.12 Å². The molecule has 1 atom stereocenters. The fraction of sp³-hybridized carbons (Fsp3) is 0.800. The fourth-order valence-corrected chi connectivity index (χ4v) is 2.52. The monoisotopic (exact) mass is 312 g/mol. The minimum Gasteiger partial charge on any atom is -0.748 e. The van der Waals surface area contributed by atoms with Gasteiger partial charge in [-0.15, -0.1) is 0 Å². The Hall–Kier alpha value is -0.800. The quantitative estimate of drug-likeness (QED) is 0.596. The molecule has 0 aromatic carbocycles. The van der Waals surface area contributed by atoms with E-state index in [2.05, 4.69) is 5.32 Å². The minimum absolute atomic E-state index is 0.157. The number of hydrogen-bond donors (Lipinski definition) is 1. The van der Waals surface area contributed by atoms with Crippen LogP contribution in [0.15, 0.2) is 0 Å². The summed E-state index contributed by atoms with van der Waals surface area (Å²) >= 11 is 0.740. The first-order chi connectivity index (χ1) is 8.39. The van der Waals surface area contributed by atoms with Gasteiger partial charge in [-0.05, 0) is 27.2 Å². The van der Waals surface area contributed by atoms with Crippen molar-refractivity contribution in [2.24, 2.45) is 0 Å². The molecule has 1 unspecified atom stereocenters. The predicted molar refractivity (Wildman–Crippen MR) is 70.6 cm³/mol. The average Bonchev–Trinajstić information content (AvgIpc) is 2.08. The second kappa shape index (κ2) is 7.11. The summed E-state index contributed by atoms with van der Waals surface area (Å²) in [4.78, 5) is 22.5. The number of alkyl carbamates (subject to hydrolysis) is 1. The summed E-state index contributed by atoms with van der Waals surface area (Å²) in [6.45, 7) is 6.28. The highest BCUT2D eigenvalue weighted by molar-refractivity contribution is 8.14. The normalized spacial score (nSPS) is 13.7. The summed E-state index contributed by atoms with van der Waals surface area (Å²) in [5, 5.41) is 1.24. The van der Waals surface area contributed by atoms with E-state index in [1.807, 2.05) is 0 Å². The summed E-state index contributed by atoms with van der Waals surface area (Å²) < 4.78 is 36.6. The van der Waals surface area contributed by atoms with Crippen LogP contribution in [0.3, 0.4) is 0 Å². The number of amides is 1. The Labute approximate surface area is 117 Å². The molecule has 7 nitrogen and oxygen atoms in total. The lowest BCUT2D eigenvalue weighted by Gasteiger charge is -2.23. The van der Waals surface area contributed by atoms with E-state index in [1.54, 1.807) is 20.8 Å². The van der Waals surface area contributed by atoms with Gasteiger partial charge >= 0.3 is 6.09 Å². The second-order valence-electron chi connectivity index (χ2n) is 4.79. The minimum atomic E-state index is -4.39. The molecule has 19 heavy (non-hydrogen) atoms. The van der Waals surface area contributed by atoms with E-state index < -0.39 is 32.9 Å².